The molecule has 0 aliphatic heterocycles. The Labute approximate surface area is 102 Å². The first-order valence-electron chi connectivity index (χ1n) is 5.89. The standard InChI is InChI=1S/C14H18N2O/c1-3-13(17-2)14(15)11-7-6-10-5-4-8-16-12(10)9-11/h4-9,13-14H,3,15H2,1-2H3. The van der Waals surface area contributed by atoms with Crippen molar-refractivity contribution in [2.75, 3.05) is 7.11 Å². The van der Waals surface area contributed by atoms with Gasteiger partial charge in [-0.1, -0.05) is 25.1 Å². The van der Waals surface area contributed by atoms with Crippen LogP contribution in [0.4, 0.5) is 0 Å². The molecule has 0 aliphatic carbocycles. The summed E-state index contributed by atoms with van der Waals surface area (Å²) in [6.45, 7) is 2.08. The fraction of sp³-hybridized carbons (Fsp3) is 0.357. The lowest BCUT2D eigenvalue weighted by atomic mass is 9.99. The second kappa shape index (κ2) is 5.25. The van der Waals surface area contributed by atoms with Crippen molar-refractivity contribution in [1.29, 1.82) is 0 Å². The number of ether oxygens (including phenoxy) is 1. The molecule has 2 atom stereocenters. The minimum atomic E-state index is -0.101. The monoisotopic (exact) mass is 230 g/mol. The Kier molecular flexibility index (Phi) is 3.71. The number of nitrogens with zero attached hydrogens (tertiary/aromatic N) is 1. The van der Waals surface area contributed by atoms with Crippen molar-refractivity contribution in [3.8, 4) is 0 Å². The first-order chi connectivity index (χ1) is 8.26. The molecular formula is C14H18N2O. The van der Waals surface area contributed by atoms with E-state index in [0.717, 1.165) is 22.9 Å². The Morgan fingerprint density at radius 2 is 2.18 bits per heavy atom. The maximum Gasteiger partial charge on any atom is 0.0761 e. The molecule has 2 unspecified atom stereocenters. The average molecular weight is 230 g/mol. The van der Waals surface area contributed by atoms with E-state index in [-0.39, 0.29) is 12.1 Å². The normalized spacial score (nSPS) is 14.8. The van der Waals surface area contributed by atoms with Crippen molar-refractivity contribution >= 4 is 10.9 Å². The van der Waals surface area contributed by atoms with Crippen LogP contribution < -0.4 is 5.73 Å². The van der Waals surface area contributed by atoms with Gasteiger partial charge in [-0.3, -0.25) is 4.98 Å². The molecule has 0 fully saturated rings. The molecule has 17 heavy (non-hydrogen) atoms. The van der Waals surface area contributed by atoms with Gasteiger partial charge in [0.1, 0.15) is 0 Å². The minimum Gasteiger partial charge on any atom is -0.379 e. The SMILES string of the molecule is CCC(OC)C(N)c1ccc2cccnc2c1. The van der Waals surface area contributed by atoms with Gasteiger partial charge in [0.15, 0.2) is 0 Å². The number of nitrogens with two attached hydrogens (primary N) is 1. The average Bonchev–Trinajstić information content (AvgIpc) is 2.39. The van der Waals surface area contributed by atoms with E-state index >= 15 is 0 Å². The summed E-state index contributed by atoms with van der Waals surface area (Å²) in [4.78, 5) is 4.34. The zero-order valence-electron chi connectivity index (χ0n) is 10.3. The van der Waals surface area contributed by atoms with E-state index in [2.05, 4.69) is 24.0 Å². The van der Waals surface area contributed by atoms with E-state index in [1.54, 1.807) is 13.3 Å². The van der Waals surface area contributed by atoms with Gasteiger partial charge >= 0.3 is 0 Å². The lowest BCUT2D eigenvalue weighted by Crippen LogP contribution is -2.27. The number of hydrogen-bond donors (Lipinski definition) is 1. The molecule has 1 aromatic carbocycles. The summed E-state index contributed by atoms with van der Waals surface area (Å²) in [5.41, 5.74) is 8.25. The number of aromatic nitrogens is 1. The zero-order chi connectivity index (χ0) is 12.3. The molecule has 1 heterocycles. The lowest BCUT2D eigenvalue weighted by Gasteiger charge is -2.21. The highest BCUT2D eigenvalue weighted by Crippen LogP contribution is 2.22. The van der Waals surface area contributed by atoms with Crippen LogP contribution in [0.5, 0.6) is 0 Å². The molecule has 2 aromatic rings. The summed E-state index contributed by atoms with van der Waals surface area (Å²) in [6, 6.07) is 10.0. The largest absolute Gasteiger partial charge is 0.379 e. The van der Waals surface area contributed by atoms with Crippen molar-refractivity contribution in [3.05, 3.63) is 42.1 Å². The Bertz CT molecular complexity index is 494. The number of methoxy groups -OCH3 is 1. The van der Waals surface area contributed by atoms with Crippen LogP contribution in [-0.4, -0.2) is 18.2 Å². The third kappa shape index (κ3) is 2.46. The minimum absolute atomic E-state index is 0.0520. The molecule has 0 spiro atoms. The molecule has 0 saturated heterocycles. The molecular weight excluding hydrogens is 212 g/mol. The highest BCUT2D eigenvalue weighted by Gasteiger charge is 2.17. The van der Waals surface area contributed by atoms with Crippen LogP contribution in [0.25, 0.3) is 10.9 Å². The van der Waals surface area contributed by atoms with Gasteiger partial charge < -0.3 is 10.5 Å². The molecule has 0 bridgehead atoms. The van der Waals surface area contributed by atoms with Gasteiger partial charge in [-0.05, 0) is 24.1 Å². The van der Waals surface area contributed by atoms with Crippen molar-refractivity contribution < 1.29 is 4.74 Å². The van der Waals surface area contributed by atoms with Gasteiger partial charge in [-0.15, -0.1) is 0 Å². The quantitative estimate of drug-likeness (QED) is 0.878. The van der Waals surface area contributed by atoms with Crippen molar-refractivity contribution in [3.63, 3.8) is 0 Å². The van der Waals surface area contributed by atoms with Crippen LogP contribution in [0, 0.1) is 0 Å². The van der Waals surface area contributed by atoms with Gasteiger partial charge in [0.2, 0.25) is 0 Å². The molecule has 90 valence electrons. The Morgan fingerprint density at radius 1 is 1.35 bits per heavy atom. The fourth-order valence-electron chi connectivity index (χ4n) is 2.07. The molecule has 3 nitrogen and oxygen atoms in total. The van der Waals surface area contributed by atoms with Gasteiger partial charge in [0.05, 0.1) is 17.7 Å². The number of rotatable bonds is 4. The highest BCUT2D eigenvalue weighted by molar-refractivity contribution is 5.78. The van der Waals surface area contributed by atoms with E-state index in [1.165, 1.54) is 0 Å². The van der Waals surface area contributed by atoms with Crippen LogP contribution in [0.1, 0.15) is 24.9 Å². The van der Waals surface area contributed by atoms with Gasteiger partial charge in [-0.2, -0.15) is 0 Å². The third-order valence-corrected chi connectivity index (χ3v) is 3.12. The van der Waals surface area contributed by atoms with Gasteiger partial charge in [-0.25, -0.2) is 0 Å². The zero-order valence-corrected chi connectivity index (χ0v) is 10.3. The molecule has 0 amide bonds. The maximum atomic E-state index is 6.20. The predicted molar refractivity (Wildman–Crippen MR) is 69.8 cm³/mol. The molecule has 1 aromatic heterocycles. The number of benzene rings is 1. The predicted octanol–water partition coefficient (Wildman–Crippen LogP) is 2.66. The third-order valence-electron chi connectivity index (χ3n) is 3.12. The first kappa shape index (κ1) is 12.0. The van der Waals surface area contributed by atoms with Crippen LogP contribution in [-0.2, 0) is 4.74 Å². The van der Waals surface area contributed by atoms with Crippen LogP contribution >= 0.6 is 0 Å². The molecule has 2 rings (SSSR count). The summed E-state index contributed by atoms with van der Waals surface area (Å²) in [6.07, 6.45) is 2.75. The van der Waals surface area contributed by atoms with E-state index < -0.39 is 0 Å². The van der Waals surface area contributed by atoms with Gasteiger partial charge in [0, 0.05) is 18.7 Å². The number of pyridine rings is 1. The first-order valence-corrected chi connectivity index (χ1v) is 5.89. The van der Waals surface area contributed by atoms with E-state index in [4.69, 9.17) is 10.5 Å². The Balaban J connectivity index is 2.35. The Morgan fingerprint density at radius 3 is 2.88 bits per heavy atom. The van der Waals surface area contributed by atoms with Crippen LogP contribution in [0.3, 0.4) is 0 Å². The van der Waals surface area contributed by atoms with Crippen molar-refractivity contribution in [2.24, 2.45) is 5.73 Å². The molecule has 0 radical (unpaired) electrons. The molecule has 2 N–H and O–H groups in total. The number of hydrogen-bond acceptors (Lipinski definition) is 3. The van der Waals surface area contributed by atoms with Crippen LogP contribution in [0.2, 0.25) is 0 Å². The summed E-state index contributed by atoms with van der Waals surface area (Å²) in [5.74, 6) is 0. The smallest absolute Gasteiger partial charge is 0.0761 e. The van der Waals surface area contributed by atoms with E-state index in [9.17, 15) is 0 Å². The van der Waals surface area contributed by atoms with Crippen molar-refractivity contribution in [1.82, 2.24) is 4.98 Å². The fourth-order valence-corrected chi connectivity index (χ4v) is 2.07. The second-order valence-electron chi connectivity index (χ2n) is 4.16. The summed E-state index contributed by atoms with van der Waals surface area (Å²) in [5, 5.41) is 1.13. The summed E-state index contributed by atoms with van der Waals surface area (Å²) in [7, 11) is 1.70. The van der Waals surface area contributed by atoms with Crippen molar-refractivity contribution in [2.45, 2.75) is 25.5 Å². The van der Waals surface area contributed by atoms with Gasteiger partial charge in [0.25, 0.3) is 0 Å². The number of fused-ring (bicyclic) bond motifs is 1. The molecule has 0 aliphatic rings. The highest BCUT2D eigenvalue weighted by atomic mass is 16.5. The van der Waals surface area contributed by atoms with Crippen LogP contribution in [0.15, 0.2) is 36.5 Å². The summed E-state index contributed by atoms with van der Waals surface area (Å²) < 4.78 is 5.38. The second-order valence-corrected chi connectivity index (χ2v) is 4.16. The maximum absolute atomic E-state index is 6.20. The lowest BCUT2D eigenvalue weighted by molar-refractivity contribution is 0.0772. The Hall–Kier alpha value is -1.45. The molecule has 0 saturated carbocycles. The topological polar surface area (TPSA) is 48.1 Å². The van der Waals surface area contributed by atoms with E-state index in [0.29, 0.717) is 0 Å². The molecule has 3 heteroatoms. The van der Waals surface area contributed by atoms with E-state index in [1.807, 2.05) is 18.2 Å². The summed E-state index contributed by atoms with van der Waals surface area (Å²) >= 11 is 0.